The number of rotatable bonds is 4. The van der Waals surface area contributed by atoms with E-state index in [-0.39, 0.29) is 5.66 Å². The fourth-order valence-corrected chi connectivity index (χ4v) is 0.767. The van der Waals surface area contributed by atoms with Crippen LogP contribution in [0.5, 0.6) is 0 Å². The van der Waals surface area contributed by atoms with Crippen LogP contribution >= 0.6 is 0 Å². The summed E-state index contributed by atoms with van der Waals surface area (Å²) in [7, 11) is 0. The molecule has 0 saturated heterocycles. The minimum Gasteiger partial charge on any atom is -0.314 e. The average Bonchev–Trinajstić information content (AvgIpc) is 1.87. The Balaban J connectivity index is 3.64. The number of hydrogen-bond acceptors (Lipinski definition) is 2. The van der Waals surface area contributed by atoms with Crippen LogP contribution in [-0.4, -0.2) is 11.7 Å². The van der Waals surface area contributed by atoms with Gasteiger partial charge < -0.3 is 5.73 Å². The highest BCUT2D eigenvalue weighted by molar-refractivity contribution is 4.76. The molecule has 3 N–H and O–H groups in total. The molecule has 0 heterocycles. The van der Waals surface area contributed by atoms with Crippen molar-refractivity contribution >= 4 is 0 Å². The first-order valence-electron chi connectivity index (χ1n) is 4.08. The fourth-order valence-electron chi connectivity index (χ4n) is 0.767. The molecule has 0 amide bonds. The minimum absolute atomic E-state index is 0.185. The van der Waals surface area contributed by atoms with Crippen LogP contribution in [0.15, 0.2) is 0 Å². The Kier molecular flexibility index (Phi) is 3.91. The van der Waals surface area contributed by atoms with Crippen molar-refractivity contribution in [3.05, 3.63) is 0 Å². The van der Waals surface area contributed by atoms with Gasteiger partial charge in [0, 0.05) is 6.04 Å². The molecule has 0 saturated carbocycles. The molecule has 1 unspecified atom stereocenters. The first-order chi connectivity index (χ1) is 4.52. The average molecular weight is 144 g/mol. The van der Waals surface area contributed by atoms with Gasteiger partial charge in [-0.25, -0.2) is 0 Å². The summed E-state index contributed by atoms with van der Waals surface area (Å²) in [5.41, 5.74) is 5.70. The van der Waals surface area contributed by atoms with Crippen molar-refractivity contribution in [2.75, 3.05) is 0 Å². The van der Waals surface area contributed by atoms with E-state index in [0.717, 1.165) is 12.8 Å². The van der Waals surface area contributed by atoms with Gasteiger partial charge in [0.25, 0.3) is 0 Å². The maximum absolute atomic E-state index is 5.88. The monoisotopic (exact) mass is 144 g/mol. The number of nitrogens with one attached hydrogen (secondary N) is 1. The van der Waals surface area contributed by atoms with Crippen molar-refractivity contribution in [3.8, 4) is 0 Å². The Morgan fingerprint density at radius 3 is 2.30 bits per heavy atom. The van der Waals surface area contributed by atoms with Crippen molar-refractivity contribution in [1.29, 1.82) is 0 Å². The predicted octanol–water partition coefficient (Wildman–Crippen LogP) is 1.46. The van der Waals surface area contributed by atoms with Gasteiger partial charge >= 0.3 is 0 Å². The highest BCUT2D eigenvalue weighted by Gasteiger charge is 2.16. The minimum atomic E-state index is -0.185. The van der Waals surface area contributed by atoms with Gasteiger partial charge in [0.2, 0.25) is 0 Å². The standard InChI is InChI=1S/C8H20N2/c1-5-7(3)10-8(4,9)6-2/h7,10H,5-6,9H2,1-4H3/t7?,8-/m0/s1. The van der Waals surface area contributed by atoms with Crippen LogP contribution in [0.2, 0.25) is 0 Å². The van der Waals surface area contributed by atoms with E-state index >= 15 is 0 Å². The van der Waals surface area contributed by atoms with Crippen molar-refractivity contribution in [3.63, 3.8) is 0 Å². The summed E-state index contributed by atoms with van der Waals surface area (Å²) in [5.74, 6) is 0. The molecule has 0 bridgehead atoms. The van der Waals surface area contributed by atoms with Gasteiger partial charge in [0.1, 0.15) is 0 Å². The molecule has 0 radical (unpaired) electrons. The lowest BCUT2D eigenvalue weighted by molar-refractivity contribution is 0.312. The predicted molar refractivity (Wildman–Crippen MR) is 45.8 cm³/mol. The van der Waals surface area contributed by atoms with Crippen LogP contribution in [0.1, 0.15) is 40.5 Å². The molecule has 0 aliphatic rings. The van der Waals surface area contributed by atoms with E-state index in [9.17, 15) is 0 Å². The molecule has 10 heavy (non-hydrogen) atoms. The van der Waals surface area contributed by atoms with Gasteiger partial charge in [-0.05, 0) is 26.7 Å². The Morgan fingerprint density at radius 1 is 1.50 bits per heavy atom. The van der Waals surface area contributed by atoms with Gasteiger partial charge in [-0.3, -0.25) is 5.32 Å². The Hall–Kier alpha value is -0.0800. The number of hydrogen-bond donors (Lipinski definition) is 2. The quantitative estimate of drug-likeness (QED) is 0.586. The first-order valence-corrected chi connectivity index (χ1v) is 4.08. The first kappa shape index (κ1) is 9.92. The van der Waals surface area contributed by atoms with Gasteiger partial charge in [0.05, 0.1) is 5.66 Å². The molecule has 2 nitrogen and oxygen atoms in total. The van der Waals surface area contributed by atoms with Crippen LogP contribution in [0.3, 0.4) is 0 Å². The molecule has 2 atom stereocenters. The highest BCUT2D eigenvalue weighted by atomic mass is 15.1. The van der Waals surface area contributed by atoms with Gasteiger partial charge in [-0.2, -0.15) is 0 Å². The van der Waals surface area contributed by atoms with E-state index in [1.54, 1.807) is 0 Å². The molecule has 0 spiro atoms. The lowest BCUT2D eigenvalue weighted by Crippen LogP contribution is -2.53. The zero-order valence-electron chi connectivity index (χ0n) is 7.57. The molecule has 0 rings (SSSR count). The lowest BCUT2D eigenvalue weighted by Gasteiger charge is -2.28. The van der Waals surface area contributed by atoms with Gasteiger partial charge in [-0.15, -0.1) is 0 Å². The Labute approximate surface area is 64.2 Å². The maximum Gasteiger partial charge on any atom is 0.0632 e. The SMILES string of the molecule is CCC(C)N[C@](C)(N)CC. The van der Waals surface area contributed by atoms with Crippen molar-refractivity contribution < 1.29 is 0 Å². The summed E-state index contributed by atoms with van der Waals surface area (Å²) in [6.45, 7) is 8.43. The molecule has 62 valence electrons. The van der Waals surface area contributed by atoms with Crippen molar-refractivity contribution in [2.24, 2.45) is 5.73 Å². The lowest BCUT2D eigenvalue weighted by atomic mass is 10.1. The third-order valence-corrected chi connectivity index (χ3v) is 1.92. The molecule has 0 aromatic heterocycles. The molecular weight excluding hydrogens is 124 g/mol. The summed E-state index contributed by atoms with van der Waals surface area (Å²) in [4.78, 5) is 0. The molecule has 0 aromatic carbocycles. The summed E-state index contributed by atoms with van der Waals surface area (Å²) in [5, 5.41) is 3.33. The van der Waals surface area contributed by atoms with Crippen molar-refractivity contribution in [2.45, 2.75) is 52.2 Å². The summed E-state index contributed by atoms with van der Waals surface area (Å²) >= 11 is 0. The van der Waals surface area contributed by atoms with E-state index in [1.807, 2.05) is 6.92 Å². The molecule has 2 heteroatoms. The Morgan fingerprint density at radius 2 is 2.00 bits per heavy atom. The van der Waals surface area contributed by atoms with E-state index < -0.39 is 0 Å². The van der Waals surface area contributed by atoms with Crippen LogP contribution in [0.25, 0.3) is 0 Å². The smallest absolute Gasteiger partial charge is 0.0632 e. The Bertz CT molecular complexity index is 89.3. The third kappa shape index (κ3) is 3.85. The van der Waals surface area contributed by atoms with E-state index in [2.05, 4.69) is 26.1 Å². The third-order valence-electron chi connectivity index (χ3n) is 1.92. The maximum atomic E-state index is 5.88. The summed E-state index contributed by atoms with van der Waals surface area (Å²) in [6, 6.07) is 0.523. The number of nitrogens with two attached hydrogens (primary N) is 1. The van der Waals surface area contributed by atoms with Crippen LogP contribution in [0.4, 0.5) is 0 Å². The van der Waals surface area contributed by atoms with Gasteiger partial charge in [0.15, 0.2) is 0 Å². The van der Waals surface area contributed by atoms with Crippen LogP contribution in [0, 0.1) is 0 Å². The second-order valence-electron chi connectivity index (χ2n) is 3.22. The highest BCUT2D eigenvalue weighted by Crippen LogP contribution is 2.02. The largest absolute Gasteiger partial charge is 0.314 e. The molecule has 0 aromatic rings. The molecule has 0 fully saturated rings. The van der Waals surface area contributed by atoms with Crippen molar-refractivity contribution in [1.82, 2.24) is 5.32 Å². The van der Waals surface area contributed by atoms with E-state index in [1.165, 1.54) is 0 Å². The van der Waals surface area contributed by atoms with Crippen LogP contribution in [-0.2, 0) is 0 Å². The van der Waals surface area contributed by atoms with Gasteiger partial charge in [-0.1, -0.05) is 13.8 Å². The summed E-state index contributed by atoms with van der Waals surface area (Å²) in [6.07, 6.45) is 2.10. The zero-order valence-corrected chi connectivity index (χ0v) is 7.57. The topological polar surface area (TPSA) is 38.0 Å². The second-order valence-corrected chi connectivity index (χ2v) is 3.22. The second kappa shape index (κ2) is 3.94. The fraction of sp³-hybridized carbons (Fsp3) is 1.00. The molecular formula is C8H20N2. The van der Waals surface area contributed by atoms with Crippen LogP contribution < -0.4 is 11.1 Å². The molecule has 0 aliphatic heterocycles. The van der Waals surface area contributed by atoms with E-state index in [4.69, 9.17) is 5.73 Å². The molecule has 0 aliphatic carbocycles. The zero-order chi connectivity index (χ0) is 8.20. The normalized spacial score (nSPS) is 20.1. The summed E-state index contributed by atoms with van der Waals surface area (Å²) < 4.78 is 0. The van der Waals surface area contributed by atoms with E-state index in [0.29, 0.717) is 6.04 Å².